The summed E-state index contributed by atoms with van der Waals surface area (Å²) >= 11 is 0. The van der Waals surface area contributed by atoms with Gasteiger partial charge in [-0.1, -0.05) is 3.89 Å². The molecule has 0 aliphatic carbocycles. The summed E-state index contributed by atoms with van der Waals surface area (Å²) in [5.41, 5.74) is 0. The van der Waals surface area contributed by atoms with Crippen LogP contribution in [0.2, 0.25) is 0 Å². The first kappa shape index (κ1) is 18.2. The summed E-state index contributed by atoms with van der Waals surface area (Å²) in [6.45, 7) is 1.38. The van der Waals surface area contributed by atoms with Gasteiger partial charge in [0.15, 0.2) is 0 Å². The summed E-state index contributed by atoms with van der Waals surface area (Å²) in [6, 6.07) is 0. The van der Waals surface area contributed by atoms with Crippen molar-refractivity contribution in [3.63, 3.8) is 0 Å². The molecule has 72 valence electrons. The second-order valence-corrected chi connectivity index (χ2v) is 2.22. The quantitative estimate of drug-likeness (QED) is 0.283. The summed E-state index contributed by atoms with van der Waals surface area (Å²) in [6.07, 6.45) is 0. The van der Waals surface area contributed by atoms with Crippen LogP contribution < -0.4 is 0 Å². The summed E-state index contributed by atoms with van der Waals surface area (Å²) in [5.74, 6) is 0. The Labute approximate surface area is 83.5 Å². The van der Waals surface area contributed by atoms with Gasteiger partial charge < -0.3 is 9.47 Å². The molecule has 1 N–H and O–H groups in total. The predicted octanol–water partition coefficient (Wildman–Crippen LogP) is -0.611. The first-order valence-electron chi connectivity index (χ1n) is 2.56. The van der Waals surface area contributed by atoms with Crippen LogP contribution in [0.5, 0.6) is 0 Å². The first-order valence-corrected chi connectivity index (χ1v) is 3.90. The number of methoxy groups -OCH3 is 2. The van der Waals surface area contributed by atoms with Gasteiger partial charge in [-0.05, 0) is 0 Å². The van der Waals surface area contributed by atoms with E-state index in [0.29, 0.717) is 13.2 Å². The molecule has 0 radical (unpaired) electrons. The van der Waals surface area contributed by atoms with Crippen LogP contribution in [0.15, 0.2) is 0 Å². The van der Waals surface area contributed by atoms with E-state index in [9.17, 15) is 3.89 Å². The molecule has 5 nitrogen and oxygen atoms in total. The molecule has 0 aromatic carbocycles. The molecule has 0 amide bonds. The van der Waals surface area contributed by atoms with E-state index in [1.807, 2.05) is 0 Å². The summed E-state index contributed by atoms with van der Waals surface area (Å²) in [5, 5.41) is 0. The molecule has 0 heterocycles. The molecule has 0 fully saturated rings. The number of hydrogen-bond donors (Lipinski definition) is 1. The number of rotatable bonds is 3. The molecule has 12 heavy (non-hydrogen) atoms. The third kappa shape index (κ3) is 80.5. The van der Waals surface area contributed by atoms with E-state index < -0.39 is 10.5 Å². The molecule has 8 heteroatoms. The fourth-order valence-corrected chi connectivity index (χ4v) is 0.167. The Hall–Kier alpha value is 0.357. The Balaban J connectivity index is -0.000000126. The Kier molecular flexibility index (Phi) is 17.2. The van der Waals surface area contributed by atoms with Gasteiger partial charge in [-0.3, -0.25) is 4.55 Å². The van der Waals surface area contributed by atoms with Crippen molar-refractivity contribution in [3.8, 4) is 0 Å². The molecule has 0 bridgehead atoms. The number of ether oxygens (including phenoxy) is 2. The van der Waals surface area contributed by atoms with E-state index in [0.717, 1.165) is 0 Å². The van der Waals surface area contributed by atoms with Gasteiger partial charge >= 0.3 is 29.4 Å². The zero-order valence-corrected chi connectivity index (χ0v) is 7.10. The molecule has 0 aliphatic rings. The zero-order valence-electron chi connectivity index (χ0n) is 6.28. The van der Waals surface area contributed by atoms with E-state index in [1.165, 1.54) is 0 Å². The maximum absolute atomic E-state index is 10.2. The van der Waals surface area contributed by atoms with E-state index in [4.69, 9.17) is 13.0 Å². The topological polar surface area (TPSA) is 72.8 Å². The molecular weight excluding hydrogens is 186 g/mol. The van der Waals surface area contributed by atoms with Crippen LogP contribution in [0.1, 0.15) is 0 Å². The second kappa shape index (κ2) is 11.4. The molecule has 0 aromatic rings. The Morgan fingerprint density at radius 3 is 1.50 bits per heavy atom. The van der Waals surface area contributed by atoms with Crippen molar-refractivity contribution in [2.24, 2.45) is 0 Å². The van der Waals surface area contributed by atoms with Crippen LogP contribution >= 0.6 is 0 Å². The minimum atomic E-state index is -5.17. The third-order valence-electron chi connectivity index (χ3n) is 0.492. The Morgan fingerprint density at radius 1 is 1.25 bits per heavy atom. The molecular formula is C4H12FLiO5S. The third-order valence-corrected chi connectivity index (χ3v) is 0.492. The Morgan fingerprint density at radius 2 is 1.42 bits per heavy atom. The molecule has 0 atom stereocenters. The van der Waals surface area contributed by atoms with E-state index in [1.54, 1.807) is 14.2 Å². The zero-order chi connectivity index (χ0) is 9.33. The van der Waals surface area contributed by atoms with Crippen LogP contribution in [0.25, 0.3) is 0 Å². The fraction of sp³-hybridized carbons (Fsp3) is 1.00. The van der Waals surface area contributed by atoms with Crippen LogP contribution in [0, 0.1) is 0 Å². The fourth-order valence-electron chi connectivity index (χ4n) is 0.167. The van der Waals surface area contributed by atoms with Crippen molar-refractivity contribution in [2.75, 3.05) is 27.4 Å². The average molecular weight is 198 g/mol. The molecule has 0 saturated carbocycles. The standard InChI is InChI=1S/C4H10O2.FHO3S.Li.H/c1-5-3-4-6-2;1-5(2,3)4;;/h3-4H2,1-2H3;(H,2,3,4);;. The predicted molar refractivity (Wildman–Crippen MR) is 43.6 cm³/mol. The monoisotopic (exact) mass is 198 g/mol. The van der Waals surface area contributed by atoms with Gasteiger partial charge in [0.05, 0.1) is 13.2 Å². The normalized spacial score (nSPS) is 9.33. The maximum atomic E-state index is 10.2. The van der Waals surface area contributed by atoms with Crippen LogP contribution in [-0.2, 0) is 20.0 Å². The van der Waals surface area contributed by atoms with Crippen molar-refractivity contribution in [2.45, 2.75) is 0 Å². The molecule has 0 aliphatic heterocycles. The van der Waals surface area contributed by atoms with Gasteiger partial charge in [0.1, 0.15) is 0 Å². The minimum absolute atomic E-state index is 0. The molecule has 0 rings (SSSR count). The summed E-state index contributed by atoms with van der Waals surface area (Å²) in [7, 11) is -1.86. The van der Waals surface area contributed by atoms with Crippen molar-refractivity contribution >= 4 is 29.4 Å². The van der Waals surface area contributed by atoms with Gasteiger partial charge in [-0.2, -0.15) is 8.42 Å². The average Bonchev–Trinajstić information content (AvgIpc) is 1.79. The second-order valence-electron chi connectivity index (χ2n) is 1.40. The van der Waals surface area contributed by atoms with E-state index in [2.05, 4.69) is 9.47 Å². The van der Waals surface area contributed by atoms with Crippen LogP contribution in [-0.4, -0.2) is 59.3 Å². The molecule has 0 spiro atoms. The number of hydrogen-bond acceptors (Lipinski definition) is 4. The van der Waals surface area contributed by atoms with Crippen molar-refractivity contribution in [3.05, 3.63) is 0 Å². The molecule has 0 saturated heterocycles. The van der Waals surface area contributed by atoms with Crippen LogP contribution in [0.3, 0.4) is 0 Å². The molecule has 0 aromatic heterocycles. The van der Waals surface area contributed by atoms with Gasteiger partial charge in [0.2, 0.25) is 0 Å². The van der Waals surface area contributed by atoms with Crippen molar-refractivity contribution in [1.29, 1.82) is 0 Å². The van der Waals surface area contributed by atoms with Gasteiger partial charge in [-0.25, -0.2) is 0 Å². The van der Waals surface area contributed by atoms with E-state index in [-0.39, 0.29) is 18.9 Å². The van der Waals surface area contributed by atoms with Crippen molar-refractivity contribution in [1.82, 2.24) is 0 Å². The van der Waals surface area contributed by atoms with Gasteiger partial charge in [0, 0.05) is 14.2 Å². The summed E-state index contributed by atoms with van der Waals surface area (Å²) in [4.78, 5) is 0. The van der Waals surface area contributed by atoms with Gasteiger partial charge in [0.25, 0.3) is 0 Å². The van der Waals surface area contributed by atoms with Crippen molar-refractivity contribution < 1.29 is 26.3 Å². The SMILES string of the molecule is COCCOC.O=S(=O)(O)F.[LiH]. The molecule has 0 unspecified atom stereocenters. The van der Waals surface area contributed by atoms with Gasteiger partial charge in [-0.15, -0.1) is 0 Å². The first-order chi connectivity index (χ1) is 4.91. The number of halogens is 1. The van der Waals surface area contributed by atoms with E-state index >= 15 is 0 Å². The van der Waals surface area contributed by atoms with Crippen LogP contribution in [0.4, 0.5) is 3.89 Å². The summed E-state index contributed by atoms with van der Waals surface area (Å²) < 4.78 is 43.4. The Bertz CT molecular complexity index is 147.